The first kappa shape index (κ1) is 20.6. The Morgan fingerprint density at radius 3 is 2.67 bits per heavy atom. The normalized spacial score (nSPS) is 21.9. The van der Waals surface area contributed by atoms with E-state index < -0.39 is 0 Å². The maximum atomic E-state index is 12.5. The smallest absolute Gasteiger partial charge is 0.224 e. The minimum absolute atomic E-state index is 0.0651. The number of benzene rings is 2. The summed E-state index contributed by atoms with van der Waals surface area (Å²) in [6.07, 6.45) is 5.79. The summed E-state index contributed by atoms with van der Waals surface area (Å²) < 4.78 is 11.8. The third kappa shape index (κ3) is 4.72. The predicted octanol–water partition coefficient (Wildman–Crippen LogP) is 4.66. The number of aryl methyl sites for hydroxylation is 1. The molecule has 5 nitrogen and oxygen atoms in total. The van der Waals surface area contributed by atoms with Gasteiger partial charge in [-0.2, -0.15) is 0 Å². The van der Waals surface area contributed by atoms with E-state index in [0.29, 0.717) is 13.1 Å². The number of methoxy groups -OCH3 is 1. The molecule has 1 aliphatic heterocycles. The number of hydrogen-bond acceptors (Lipinski definition) is 4. The van der Waals surface area contributed by atoms with E-state index in [0.717, 1.165) is 36.4 Å². The van der Waals surface area contributed by atoms with E-state index in [1.54, 1.807) is 7.11 Å². The van der Waals surface area contributed by atoms with Crippen LogP contribution in [0.2, 0.25) is 0 Å². The number of nitrogens with one attached hydrogen (secondary N) is 2. The van der Waals surface area contributed by atoms with Crippen LogP contribution in [0.15, 0.2) is 42.5 Å². The highest BCUT2D eigenvalue weighted by atomic mass is 16.5. The Labute approximate surface area is 179 Å². The summed E-state index contributed by atoms with van der Waals surface area (Å²) >= 11 is 0. The van der Waals surface area contributed by atoms with E-state index in [9.17, 15) is 4.79 Å². The molecule has 1 heterocycles. The molecule has 0 bridgehead atoms. The summed E-state index contributed by atoms with van der Waals surface area (Å²) in [5, 5.41) is 6.56. The second-order valence-corrected chi connectivity index (χ2v) is 8.51. The SMILES string of the molecule is COc1ccc([C@H]2CNC(=O)[C@H](CNc3ccccc3C)C2)cc1OC1CCCC1. The minimum Gasteiger partial charge on any atom is -0.493 e. The number of para-hydroxylation sites is 1. The van der Waals surface area contributed by atoms with Gasteiger partial charge in [0.25, 0.3) is 0 Å². The number of hydrogen-bond donors (Lipinski definition) is 2. The fraction of sp³-hybridized carbons (Fsp3) is 0.480. The van der Waals surface area contributed by atoms with Crippen LogP contribution >= 0.6 is 0 Å². The summed E-state index contributed by atoms with van der Waals surface area (Å²) in [4.78, 5) is 12.5. The van der Waals surface area contributed by atoms with E-state index in [4.69, 9.17) is 9.47 Å². The van der Waals surface area contributed by atoms with Gasteiger partial charge in [0.05, 0.1) is 19.1 Å². The third-order valence-corrected chi connectivity index (χ3v) is 6.40. The van der Waals surface area contributed by atoms with Gasteiger partial charge in [-0.1, -0.05) is 24.3 Å². The molecule has 1 saturated heterocycles. The molecule has 0 aromatic heterocycles. The lowest BCUT2D eigenvalue weighted by Gasteiger charge is -2.30. The molecule has 2 aromatic rings. The summed E-state index contributed by atoms with van der Waals surface area (Å²) in [6.45, 7) is 3.37. The van der Waals surface area contributed by atoms with Crippen molar-refractivity contribution in [3.05, 3.63) is 53.6 Å². The summed E-state index contributed by atoms with van der Waals surface area (Å²) in [5.41, 5.74) is 3.47. The van der Waals surface area contributed by atoms with Crippen molar-refractivity contribution in [3.63, 3.8) is 0 Å². The van der Waals surface area contributed by atoms with E-state index in [1.807, 2.05) is 18.2 Å². The molecule has 2 aliphatic rings. The summed E-state index contributed by atoms with van der Waals surface area (Å²) in [5.74, 6) is 1.94. The highest BCUT2D eigenvalue weighted by Crippen LogP contribution is 2.36. The van der Waals surface area contributed by atoms with E-state index in [1.165, 1.54) is 24.0 Å². The number of rotatable bonds is 7. The molecule has 160 valence electrons. The fourth-order valence-corrected chi connectivity index (χ4v) is 4.56. The van der Waals surface area contributed by atoms with Crippen LogP contribution in [0.25, 0.3) is 0 Å². The zero-order valence-corrected chi connectivity index (χ0v) is 17.9. The van der Waals surface area contributed by atoms with Crippen LogP contribution < -0.4 is 20.1 Å². The molecule has 4 rings (SSSR count). The molecule has 2 fully saturated rings. The highest BCUT2D eigenvalue weighted by Gasteiger charge is 2.30. The van der Waals surface area contributed by atoms with Crippen molar-refractivity contribution in [1.82, 2.24) is 5.32 Å². The van der Waals surface area contributed by atoms with Gasteiger partial charge in [-0.3, -0.25) is 4.79 Å². The van der Waals surface area contributed by atoms with Gasteiger partial charge in [0.2, 0.25) is 5.91 Å². The van der Waals surface area contributed by atoms with Crippen LogP contribution in [0.3, 0.4) is 0 Å². The summed E-state index contributed by atoms with van der Waals surface area (Å²) in [6, 6.07) is 14.4. The maximum absolute atomic E-state index is 12.5. The average Bonchev–Trinajstić information content (AvgIpc) is 3.27. The third-order valence-electron chi connectivity index (χ3n) is 6.40. The van der Waals surface area contributed by atoms with Crippen molar-refractivity contribution in [2.45, 2.75) is 51.0 Å². The largest absolute Gasteiger partial charge is 0.493 e. The first-order chi connectivity index (χ1) is 14.6. The molecule has 1 saturated carbocycles. The lowest BCUT2D eigenvalue weighted by atomic mass is 9.85. The van der Waals surface area contributed by atoms with Gasteiger partial charge in [-0.15, -0.1) is 0 Å². The lowest BCUT2D eigenvalue weighted by Crippen LogP contribution is -2.43. The molecule has 0 radical (unpaired) electrons. The Morgan fingerprint density at radius 1 is 1.10 bits per heavy atom. The van der Waals surface area contributed by atoms with E-state index in [2.05, 4.69) is 41.8 Å². The van der Waals surface area contributed by atoms with Crippen LogP contribution in [0.5, 0.6) is 11.5 Å². The van der Waals surface area contributed by atoms with Crippen LogP contribution in [0.1, 0.15) is 49.1 Å². The highest BCUT2D eigenvalue weighted by molar-refractivity contribution is 5.80. The maximum Gasteiger partial charge on any atom is 0.224 e. The molecule has 2 aromatic carbocycles. The number of piperidine rings is 1. The molecular formula is C25H32N2O3. The quantitative estimate of drug-likeness (QED) is 0.700. The van der Waals surface area contributed by atoms with Crippen LogP contribution in [-0.2, 0) is 4.79 Å². The van der Waals surface area contributed by atoms with Gasteiger partial charge in [-0.05, 0) is 68.4 Å². The first-order valence-electron chi connectivity index (χ1n) is 11.1. The zero-order chi connectivity index (χ0) is 20.9. The standard InChI is InChI=1S/C25H32N2O3/c1-17-7-3-6-10-22(17)26-16-20-13-19(15-27-25(20)28)18-11-12-23(29-2)24(14-18)30-21-8-4-5-9-21/h3,6-7,10-12,14,19-21,26H,4-5,8-9,13,15-16H2,1-2H3,(H,27,28)/t19-,20+/m1/s1. The van der Waals surface area contributed by atoms with Gasteiger partial charge in [0.1, 0.15) is 0 Å². The van der Waals surface area contributed by atoms with Crippen molar-refractivity contribution >= 4 is 11.6 Å². The van der Waals surface area contributed by atoms with Crippen LogP contribution in [0, 0.1) is 12.8 Å². The van der Waals surface area contributed by atoms with Crippen LogP contribution in [-0.4, -0.2) is 32.2 Å². The van der Waals surface area contributed by atoms with Crippen molar-refractivity contribution in [1.29, 1.82) is 0 Å². The Kier molecular flexibility index (Phi) is 6.46. The second-order valence-electron chi connectivity index (χ2n) is 8.51. The number of ether oxygens (including phenoxy) is 2. The fourth-order valence-electron chi connectivity index (χ4n) is 4.56. The van der Waals surface area contributed by atoms with Gasteiger partial charge < -0.3 is 20.1 Å². The van der Waals surface area contributed by atoms with Gasteiger partial charge in [0, 0.05) is 24.7 Å². The van der Waals surface area contributed by atoms with Crippen molar-refractivity contribution < 1.29 is 14.3 Å². The van der Waals surface area contributed by atoms with E-state index in [-0.39, 0.29) is 23.8 Å². The second kappa shape index (κ2) is 9.41. The van der Waals surface area contributed by atoms with Crippen LogP contribution in [0.4, 0.5) is 5.69 Å². The monoisotopic (exact) mass is 408 g/mol. The minimum atomic E-state index is -0.0651. The lowest BCUT2D eigenvalue weighted by molar-refractivity contribution is -0.126. The van der Waals surface area contributed by atoms with Crippen molar-refractivity contribution in [3.8, 4) is 11.5 Å². The molecule has 0 spiro atoms. The topological polar surface area (TPSA) is 59.6 Å². The predicted molar refractivity (Wildman–Crippen MR) is 119 cm³/mol. The Hall–Kier alpha value is -2.69. The van der Waals surface area contributed by atoms with Gasteiger partial charge >= 0.3 is 0 Å². The molecule has 2 atom stereocenters. The molecule has 5 heteroatoms. The molecule has 0 unspecified atom stereocenters. The number of amides is 1. The first-order valence-corrected chi connectivity index (χ1v) is 11.1. The van der Waals surface area contributed by atoms with E-state index >= 15 is 0 Å². The van der Waals surface area contributed by atoms with Gasteiger partial charge in [0.15, 0.2) is 11.5 Å². The zero-order valence-electron chi connectivity index (χ0n) is 17.9. The summed E-state index contributed by atoms with van der Waals surface area (Å²) in [7, 11) is 1.69. The van der Waals surface area contributed by atoms with Gasteiger partial charge in [-0.25, -0.2) is 0 Å². The number of carbonyl (C=O) groups excluding carboxylic acids is 1. The molecule has 1 amide bonds. The van der Waals surface area contributed by atoms with Crippen molar-refractivity contribution in [2.24, 2.45) is 5.92 Å². The molecule has 1 aliphatic carbocycles. The average molecular weight is 409 g/mol. The molecule has 30 heavy (non-hydrogen) atoms. The Balaban J connectivity index is 1.45. The number of carbonyl (C=O) groups is 1. The van der Waals surface area contributed by atoms with Crippen molar-refractivity contribution in [2.75, 3.05) is 25.5 Å². The number of anilines is 1. The Morgan fingerprint density at radius 2 is 1.90 bits per heavy atom. The Bertz CT molecular complexity index is 876. The molecule has 2 N–H and O–H groups in total. The molecular weight excluding hydrogens is 376 g/mol.